The average molecular weight is 335 g/mol. The molecule has 2 aliphatic heterocycles. The van der Waals surface area contributed by atoms with Crippen LogP contribution in [0, 0.1) is 19.8 Å². The van der Waals surface area contributed by atoms with Gasteiger partial charge in [-0.1, -0.05) is 19.0 Å². The number of hydrogen-bond acceptors (Lipinski definition) is 5. The number of hydrogen-bond donors (Lipinski definition) is 1. The summed E-state index contributed by atoms with van der Waals surface area (Å²) in [7, 11) is 0. The summed E-state index contributed by atoms with van der Waals surface area (Å²) in [6.07, 6.45) is 2.97. The van der Waals surface area contributed by atoms with E-state index in [-0.39, 0.29) is 23.5 Å². The predicted octanol–water partition coefficient (Wildman–Crippen LogP) is 2.19. The highest BCUT2D eigenvalue weighted by atomic mass is 16.5. The lowest BCUT2D eigenvalue weighted by Gasteiger charge is -2.38. The first-order chi connectivity index (χ1) is 11.4. The fourth-order valence-electron chi connectivity index (χ4n) is 3.72. The quantitative estimate of drug-likeness (QED) is 0.913. The minimum absolute atomic E-state index is 0.0263. The maximum Gasteiger partial charge on any atom is 0.222 e. The van der Waals surface area contributed by atoms with E-state index < -0.39 is 0 Å². The molecule has 0 unspecified atom stereocenters. The number of rotatable bonds is 4. The monoisotopic (exact) mass is 335 g/mol. The summed E-state index contributed by atoms with van der Waals surface area (Å²) in [5.41, 5.74) is 2.14. The number of aryl methyl sites for hydroxylation is 2. The molecule has 1 N–H and O–H groups in total. The topological polar surface area (TPSA) is 67.6 Å². The van der Waals surface area contributed by atoms with E-state index in [1.54, 1.807) is 0 Å². The van der Waals surface area contributed by atoms with Crippen molar-refractivity contribution in [2.75, 3.05) is 19.7 Å². The van der Waals surface area contributed by atoms with Crippen molar-refractivity contribution < 1.29 is 14.1 Å². The van der Waals surface area contributed by atoms with Crippen LogP contribution in [0.2, 0.25) is 0 Å². The number of aromatic nitrogens is 1. The van der Waals surface area contributed by atoms with E-state index in [2.05, 4.69) is 15.4 Å². The van der Waals surface area contributed by atoms with Gasteiger partial charge in [-0.25, -0.2) is 0 Å². The molecule has 2 saturated heterocycles. The second-order valence-corrected chi connectivity index (χ2v) is 7.64. The van der Waals surface area contributed by atoms with Crippen LogP contribution >= 0.6 is 0 Å². The lowest BCUT2D eigenvalue weighted by molar-refractivity contribution is -0.124. The number of carbonyl (C=O) groups excluding carboxylic acids is 1. The molecule has 24 heavy (non-hydrogen) atoms. The third kappa shape index (κ3) is 3.64. The normalized spacial score (nSPS) is 24.0. The second-order valence-electron chi connectivity index (χ2n) is 7.64. The van der Waals surface area contributed by atoms with Gasteiger partial charge in [-0.2, -0.15) is 0 Å². The summed E-state index contributed by atoms with van der Waals surface area (Å²) in [6.45, 7) is 11.4. The molecular formula is C18H29N3O3. The van der Waals surface area contributed by atoms with Crippen LogP contribution < -0.4 is 5.32 Å². The molecular weight excluding hydrogens is 306 g/mol. The van der Waals surface area contributed by atoms with Gasteiger partial charge in [-0.3, -0.25) is 9.69 Å². The largest absolute Gasteiger partial charge is 0.373 e. The minimum Gasteiger partial charge on any atom is -0.373 e. The summed E-state index contributed by atoms with van der Waals surface area (Å²) in [5, 5.41) is 7.15. The first-order valence-electron chi connectivity index (χ1n) is 8.97. The molecule has 1 spiro atoms. The van der Waals surface area contributed by atoms with E-state index in [1.807, 2.05) is 27.7 Å². The van der Waals surface area contributed by atoms with Crippen molar-refractivity contribution in [1.29, 1.82) is 0 Å². The fourth-order valence-corrected chi connectivity index (χ4v) is 3.72. The van der Waals surface area contributed by atoms with Crippen LogP contribution in [-0.2, 0) is 16.1 Å². The van der Waals surface area contributed by atoms with E-state index in [1.165, 1.54) is 5.56 Å². The highest BCUT2D eigenvalue weighted by Crippen LogP contribution is 2.36. The van der Waals surface area contributed by atoms with Crippen LogP contribution in [-0.4, -0.2) is 47.3 Å². The standard InChI is InChI=1S/C18H29N3O3/c1-12(2)17(22)19-15-9-18(23-11-15)5-7-21(8-6-18)10-16-13(3)20-24-14(16)4/h12,15H,5-11H2,1-4H3,(H,19,22)/t15-/m0/s1. The smallest absolute Gasteiger partial charge is 0.222 e. The van der Waals surface area contributed by atoms with Crippen molar-refractivity contribution in [2.45, 2.75) is 65.1 Å². The van der Waals surface area contributed by atoms with Crippen LogP contribution in [0.5, 0.6) is 0 Å². The molecule has 1 atom stereocenters. The molecule has 0 saturated carbocycles. The van der Waals surface area contributed by atoms with E-state index in [0.717, 1.165) is 50.4 Å². The molecule has 6 nitrogen and oxygen atoms in total. The van der Waals surface area contributed by atoms with Crippen LogP contribution in [0.4, 0.5) is 0 Å². The lowest BCUT2D eigenvalue weighted by atomic mass is 9.87. The van der Waals surface area contributed by atoms with Crippen LogP contribution in [0.25, 0.3) is 0 Å². The average Bonchev–Trinajstić information content (AvgIpc) is 3.08. The van der Waals surface area contributed by atoms with Gasteiger partial charge in [0.2, 0.25) is 5.91 Å². The summed E-state index contributed by atoms with van der Waals surface area (Å²) >= 11 is 0. The molecule has 1 aromatic rings. The number of carbonyl (C=O) groups is 1. The molecule has 134 valence electrons. The molecule has 6 heteroatoms. The first-order valence-corrected chi connectivity index (χ1v) is 8.97. The lowest BCUT2D eigenvalue weighted by Crippen LogP contribution is -2.45. The fraction of sp³-hybridized carbons (Fsp3) is 0.778. The van der Waals surface area contributed by atoms with Crippen molar-refractivity contribution in [3.8, 4) is 0 Å². The van der Waals surface area contributed by atoms with Crippen molar-refractivity contribution in [3.05, 3.63) is 17.0 Å². The van der Waals surface area contributed by atoms with Crippen LogP contribution in [0.1, 0.15) is 50.1 Å². The zero-order chi connectivity index (χ0) is 17.3. The Morgan fingerprint density at radius 3 is 2.67 bits per heavy atom. The SMILES string of the molecule is Cc1noc(C)c1CN1CCC2(CC1)C[C@H](NC(=O)C(C)C)CO2. The Morgan fingerprint density at radius 2 is 2.08 bits per heavy atom. The number of nitrogens with zero attached hydrogens (tertiary/aromatic N) is 2. The van der Waals surface area contributed by atoms with Crippen molar-refractivity contribution >= 4 is 5.91 Å². The molecule has 2 aliphatic rings. The van der Waals surface area contributed by atoms with Gasteiger partial charge in [0, 0.05) is 31.1 Å². The van der Waals surface area contributed by atoms with Crippen LogP contribution in [0.3, 0.4) is 0 Å². The molecule has 0 aromatic carbocycles. The Morgan fingerprint density at radius 1 is 1.38 bits per heavy atom. The summed E-state index contributed by atoms with van der Waals surface area (Å²) in [5.74, 6) is 1.07. The van der Waals surface area contributed by atoms with Gasteiger partial charge in [0.15, 0.2) is 0 Å². The zero-order valence-corrected chi connectivity index (χ0v) is 15.2. The Balaban J connectivity index is 1.51. The molecule has 0 aliphatic carbocycles. The Hall–Kier alpha value is -1.40. The number of nitrogens with one attached hydrogen (secondary N) is 1. The summed E-state index contributed by atoms with van der Waals surface area (Å²) < 4.78 is 11.4. The van der Waals surface area contributed by atoms with E-state index >= 15 is 0 Å². The third-order valence-corrected chi connectivity index (χ3v) is 5.41. The molecule has 1 amide bonds. The first kappa shape index (κ1) is 17.4. The molecule has 0 radical (unpaired) electrons. The maximum absolute atomic E-state index is 11.9. The molecule has 3 heterocycles. The Labute approximate surface area is 143 Å². The van der Waals surface area contributed by atoms with Crippen molar-refractivity contribution in [3.63, 3.8) is 0 Å². The van der Waals surface area contributed by atoms with Crippen LogP contribution in [0.15, 0.2) is 4.52 Å². The van der Waals surface area contributed by atoms with Crippen molar-refractivity contribution in [2.24, 2.45) is 5.92 Å². The molecule has 0 bridgehead atoms. The predicted molar refractivity (Wildman–Crippen MR) is 90.6 cm³/mol. The van der Waals surface area contributed by atoms with Gasteiger partial charge < -0.3 is 14.6 Å². The van der Waals surface area contributed by atoms with Gasteiger partial charge in [0.1, 0.15) is 5.76 Å². The third-order valence-electron chi connectivity index (χ3n) is 5.41. The highest BCUT2D eigenvalue weighted by Gasteiger charge is 2.43. The Bertz CT molecular complexity index is 569. The minimum atomic E-state index is -0.0514. The van der Waals surface area contributed by atoms with Gasteiger partial charge >= 0.3 is 0 Å². The maximum atomic E-state index is 11.9. The van der Waals surface area contributed by atoms with E-state index in [0.29, 0.717) is 6.61 Å². The van der Waals surface area contributed by atoms with Crippen molar-refractivity contribution in [1.82, 2.24) is 15.4 Å². The second kappa shape index (κ2) is 6.84. The number of amides is 1. The molecule has 2 fully saturated rings. The number of ether oxygens (including phenoxy) is 1. The van der Waals surface area contributed by atoms with Gasteiger partial charge in [0.25, 0.3) is 0 Å². The van der Waals surface area contributed by atoms with Gasteiger partial charge in [0.05, 0.1) is 23.9 Å². The molecule has 3 rings (SSSR count). The zero-order valence-electron chi connectivity index (χ0n) is 15.2. The Kier molecular flexibility index (Phi) is 4.97. The summed E-state index contributed by atoms with van der Waals surface area (Å²) in [4.78, 5) is 14.3. The van der Waals surface area contributed by atoms with Gasteiger partial charge in [-0.05, 0) is 33.1 Å². The van der Waals surface area contributed by atoms with E-state index in [4.69, 9.17) is 9.26 Å². The van der Waals surface area contributed by atoms with Gasteiger partial charge in [-0.15, -0.1) is 0 Å². The number of likely N-dealkylation sites (tertiary alicyclic amines) is 1. The highest BCUT2D eigenvalue weighted by molar-refractivity contribution is 5.78. The summed E-state index contributed by atoms with van der Waals surface area (Å²) in [6, 6.07) is 0.161. The van der Waals surface area contributed by atoms with E-state index in [9.17, 15) is 4.79 Å². The molecule has 1 aromatic heterocycles. The number of piperidine rings is 1.